The summed E-state index contributed by atoms with van der Waals surface area (Å²) < 4.78 is 3.92. The summed E-state index contributed by atoms with van der Waals surface area (Å²) in [6.45, 7) is 3.67. The largest absolute Gasteiger partial charge is 0.345 e. The zero-order valence-electron chi connectivity index (χ0n) is 11.5. The number of aromatic nitrogens is 1. The highest BCUT2D eigenvalue weighted by Gasteiger charge is 2.12. The second kappa shape index (κ2) is 6.57. The maximum absolute atomic E-state index is 11.6. The van der Waals surface area contributed by atoms with E-state index in [9.17, 15) is 4.79 Å². The van der Waals surface area contributed by atoms with Crippen molar-refractivity contribution in [1.29, 1.82) is 5.26 Å². The van der Waals surface area contributed by atoms with E-state index in [-0.39, 0.29) is 17.0 Å². The molecule has 0 spiro atoms. The molecule has 0 fully saturated rings. The van der Waals surface area contributed by atoms with Crippen molar-refractivity contribution in [3.63, 3.8) is 0 Å². The molecule has 2 rings (SSSR count). The van der Waals surface area contributed by atoms with Gasteiger partial charge in [-0.15, -0.1) is 0 Å². The fraction of sp³-hybridized carbons (Fsp3) is 0.214. The first-order valence-electron chi connectivity index (χ1n) is 6.24. The van der Waals surface area contributed by atoms with Crippen LogP contribution in [0.5, 0.6) is 0 Å². The van der Waals surface area contributed by atoms with E-state index in [0.29, 0.717) is 10.6 Å². The summed E-state index contributed by atoms with van der Waals surface area (Å²) in [5, 5.41) is 15.7. The van der Waals surface area contributed by atoms with Gasteiger partial charge in [-0.25, -0.2) is 0 Å². The van der Waals surface area contributed by atoms with Crippen LogP contribution in [0.1, 0.15) is 19.4 Å². The molecule has 108 valence electrons. The molecule has 2 aromatic rings. The van der Waals surface area contributed by atoms with Crippen LogP contribution >= 0.6 is 23.1 Å². The number of nitrogens with one attached hydrogen (secondary N) is 2. The molecule has 0 bridgehead atoms. The van der Waals surface area contributed by atoms with Gasteiger partial charge in [0.1, 0.15) is 16.6 Å². The molecule has 0 radical (unpaired) electrons. The molecular formula is C14H13ClN4OS. The van der Waals surface area contributed by atoms with E-state index in [1.807, 2.05) is 32.0 Å². The maximum Gasteiger partial charge on any atom is 0.226 e. The molecule has 0 aliphatic heterocycles. The van der Waals surface area contributed by atoms with Crippen molar-refractivity contribution in [2.45, 2.75) is 13.8 Å². The van der Waals surface area contributed by atoms with Gasteiger partial charge in [-0.3, -0.25) is 4.79 Å². The summed E-state index contributed by atoms with van der Waals surface area (Å²) in [4.78, 5) is 11.6. The monoisotopic (exact) mass is 320 g/mol. The van der Waals surface area contributed by atoms with E-state index in [4.69, 9.17) is 16.9 Å². The number of hydrogen-bond acceptors (Lipinski definition) is 5. The SMILES string of the molecule is CC(C)C(=O)Nc1ccc(Nc2snc(Cl)c2C#N)cc1. The smallest absolute Gasteiger partial charge is 0.226 e. The molecule has 7 heteroatoms. The predicted molar refractivity (Wildman–Crippen MR) is 85.0 cm³/mol. The predicted octanol–water partition coefficient (Wildman–Crippen LogP) is 4.01. The number of amides is 1. The average molecular weight is 321 g/mol. The summed E-state index contributed by atoms with van der Waals surface area (Å²) in [5.41, 5.74) is 1.84. The fourth-order valence-corrected chi connectivity index (χ4v) is 2.46. The summed E-state index contributed by atoms with van der Waals surface area (Å²) in [6, 6.07) is 9.21. The molecule has 2 N–H and O–H groups in total. The lowest BCUT2D eigenvalue weighted by Crippen LogP contribution is -2.17. The Kier molecular flexibility index (Phi) is 4.78. The van der Waals surface area contributed by atoms with Crippen molar-refractivity contribution in [2.24, 2.45) is 5.92 Å². The first kappa shape index (κ1) is 15.3. The van der Waals surface area contributed by atoms with Crippen molar-refractivity contribution in [2.75, 3.05) is 10.6 Å². The van der Waals surface area contributed by atoms with Crippen LogP contribution in [0.15, 0.2) is 24.3 Å². The van der Waals surface area contributed by atoms with Crippen LogP contribution in [0.25, 0.3) is 0 Å². The van der Waals surface area contributed by atoms with E-state index in [1.54, 1.807) is 12.1 Å². The Morgan fingerprint density at radius 3 is 2.52 bits per heavy atom. The highest BCUT2D eigenvalue weighted by molar-refractivity contribution is 7.10. The average Bonchev–Trinajstić information content (AvgIpc) is 2.81. The van der Waals surface area contributed by atoms with Gasteiger partial charge in [-0.2, -0.15) is 9.64 Å². The van der Waals surface area contributed by atoms with Gasteiger partial charge in [-0.05, 0) is 35.8 Å². The number of carbonyl (C=O) groups is 1. The van der Waals surface area contributed by atoms with Crippen LogP contribution in [0.2, 0.25) is 5.15 Å². The minimum Gasteiger partial charge on any atom is -0.345 e. The number of anilines is 3. The van der Waals surface area contributed by atoms with Crippen LogP contribution in [0.4, 0.5) is 16.4 Å². The quantitative estimate of drug-likeness (QED) is 0.892. The van der Waals surface area contributed by atoms with Crippen LogP contribution in [-0.2, 0) is 4.79 Å². The first-order valence-corrected chi connectivity index (χ1v) is 7.39. The first-order chi connectivity index (χ1) is 10.0. The van der Waals surface area contributed by atoms with Crippen molar-refractivity contribution in [3.05, 3.63) is 35.0 Å². The number of rotatable bonds is 4. The van der Waals surface area contributed by atoms with E-state index < -0.39 is 0 Å². The molecule has 21 heavy (non-hydrogen) atoms. The van der Waals surface area contributed by atoms with Gasteiger partial charge in [0.15, 0.2) is 5.15 Å². The molecule has 0 atom stereocenters. The van der Waals surface area contributed by atoms with E-state index in [0.717, 1.165) is 22.9 Å². The highest BCUT2D eigenvalue weighted by Crippen LogP contribution is 2.30. The highest BCUT2D eigenvalue weighted by atomic mass is 35.5. The molecule has 0 aliphatic rings. The third-order valence-electron chi connectivity index (χ3n) is 2.70. The molecule has 1 amide bonds. The summed E-state index contributed by atoms with van der Waals surface area (Å²) >= 11 is 6.94. The minimum absolute atomic E-state index is 0.0308. The summed E-state index contributed by atoms with van der Waals surface area (Å²) in [6.07, 6.45) is 0. The summed E-state index contributed by atoms with van der Waals surface area (Å²) in [7, 11) is 0. The normalized spacial score (nSPS) is 10.2. The zero-order valence-corrected chi connectivity index (χ0v) is 13.0. The molecule has 1 aromatic heterocycles. The van der Waals surface area contributed by atoms with Crippen molar-refractivity contribution < 1.29 is 4.79 Å². The van der Waals surface area contributed by atoms with Gasteiger partial charge >= 0.3 is 0 Å². The van der Waals surface area contributed by atoms with Crippen LogP contribution in [0.3, 0.4) is 0 Å². The molecular weight excluding hydrogens is 308 g/mol. The lowest BCUT2D eigenvalue weighted by molar-refractivity contribution is -0.118. The molecule has 0 aliphatic carbocycles. The van der Waals surface area contributed by atoms with Crippen molar-refractivity contribution >= 4 is 45.4 Å². The Bertz CT molecular complexity index is 688. The molecule has 0 saturated carbocycles. The van der Waals surface area contributed by atoms with E-state index >= 15 is 0 Å². The second-order valence-corrected chi connectivity index (χ2v) is 5.77. The third-order valence-corrected chi connectivity index (χ3v) is 3.83. The molecule has 1 heterocycles. The van der Waals surface area contributed by atoms with Gasteiger partial charge < -0.3 is 10.6 Å². The summed E-state index contributed by atoms with van der Waals surface area (Å²) in [5.74, 6) is -0.1000. The Balaban J connectivity index is 2.09. The van der Waals surface area contributed by atoms with E-state index in [2.05, 4.69) is 15.0 Å². The fourth-order valence-electron chi connectivity index (χ4n) is 1.51. The Labute approximate surface area is 131 Å². The molecule has 1 aromatic carbocycles. The van der Waals surface area contributed by atoms with Gasteiger partial charge in [0.05, 0.1) is 0 Å². The Hall–Kier alpha value is -2.10. The lowest BCUT2D eigenvalue weighted by atomic mass is 10.2. The molecule has 0 saturated heterocycles. The van der Waals surface area contributed by atoms with Crippen LogP contribution in [-0.4, -0.2) is 10.3 Å². The molecule has 5 nitrogen and oxygen atoms in total. The second-order valence-electron chi connectivity index (χ2n) is 4.64. The van der Waals surface area contributed by atoms with Gasteiger partial charge in [0.25, 0.3) is 0 Å². The Morgan fingerprint density at radius 1 is 1.33 bits per heavy atom. The third kappa shape index (κ3) is 3.72. The number of benzene rings is 1. The van der Waals surface area contributed by atoms with Crippen LogP contribution in [0, 0.1) is 17.2 Å². The van der Waals surface area contributed by atoms with Crippen LogP contribution < -0.4 is 10.6 Å². The zero-order chi connectivity index (χ0) is 15.4. The van der Waals surface area contributed by atoms with Gasteiger partial charge in [-0.1, -0.05) is 25.4 Å². The van der Waals surface area contributed by atoms with E-state index in [1.165, 1.54) is 0 Å². The number of halogens is 1. The number of nitrogens with zero attached hydrogens (tertiary/aromatic N) is 2. The lowest BCUT2D eigenvalue weighted by Gasteiger charge is -2.09. The number of nitriles is 1. The molecule has 0 unspecified atom stereocenters. The van der Waals surface area contributed by atoms with Crippen molar-refractivity contribution in [3.8, 4) is 6.07 Å². The standard InChI is InChI=1S/C14H13ClN4OS/c1-8(2)13(20)17-9-3-5-10(6-4-9)18-14-11(7-16)12(15)19-21-14/h3-6,8,18H,1-2H3,(H,17,20). The van der Waals surface area contributed by atoms with Gasteiger partial charge in [0, 0.05) is 17.3 Å². The topological polar surface area (TPSA) is 77.8 Å². The van der Waals surface area contributed by atoms with Crippen molar-refractivity contribution in [1.82, 2.24) is 4.37 Å². The number of carbonyl (C=O) groups excluding carboxylic acids is 1. The van der Waals surface area contributed by atoms with Gasteiger partial charge in [0.2, 0.25) is 5.91 Å². The Morgan fingerprint density at radius 2 is 1.95 bits per heavy atom. The maximum atomic E-state index is 11.6. The minimum atomic E-state index is -0.0691. The number of hydrogen-bond donors (Lipinski definition) is 2.